The van der Waals surface area contributed by atoms with Gasteiger partial charge in [0.15, 0.2) is 0 Å². The van der Waals surface area contributed by atoms with Crippen molar-refractivity contribution in [1.82, 2.24) is 23.8 Å². The van der Waals surface area contributed by atoms with Crippen molar-refractivity contribution in [1.29, 1.82) is 0 Å². The second-order valence-electron chi connectivity index (χ2n) is 9.79. The fourth-order valence-electron chi connectivity index (χ4n) is 5.08. The zero-order valence-corrected chi connectivity index (χ0v) is 23.5. The van der Waals surface area contributed by atoms with Crippen LogP contribution in [0.15, 0.2) is 59.8 Å². The molecule has 1 N–H and O–H groups in total. The molecule has 3 aromatic heterocycles. The molecule has 1 saturated heterocycles. The van der Waals surface area contributed by atoms with Crippen molar-refractivity contribution in [2.45, 2.75) is 19.4 Å². The number of carbonyl (C=O) groups excluding carboxylic acids is 1. The van der Waals surface area contributed by atoms with Gasteiger partial charge in [-0.2, -0.15) is 0 Å². The molecule has 11 nitrogen and oxygen atoms in total. The van der Waals surface area contributed by atoms with Crippen molar-refractivity contribution < 1.29 is 24.2 Å². The summed E-state index contributed by atoms with van der Waals surface area (Å²) in [6.07, 6.45) is 5.05. The maximum absolute atomic E-state index is 13.4. The molecule has 1 fully saturated rings. The zero-order valence-electron chi connectivity index (χ0n) is 22.7. The normalized spacial score (nSPS) is 13.7. The van der Waals surface area contributed by atoms with E-state index in [2.05, 4.69) is 4.98 Å². The third-order valence-electron chi connectivity index (χ3n) is 7.20. The highest BCUT2D eigenvalue weighted by molar-refractivity contribution is 6.31. The van der Waals surface area contributed by atoms with Gasteiger partial charge in [0.05, 0.1) is 25.8 Å². The first-order valence-electron chi connectivity index (χ1n) is 13.1. The summed E-state index contributed by atoms with van der Waals surface area (Å²) in [4.78, 5) is 45.3. The number of fused-ring (bicyclic) bond motifs is 1. The Hall–Kier alpha value is -4.51. The lowest BCUT2D eigenvalue weighted by Crippen LogP contribution is -2.37. The van der Waals surface area contributed by atoms with E-state index in [0.29, 0.717) is 54.5 Å². The quantitative estimate of drug-likeness (QED) is 0.355. The molecule has 1 aliphatic rings. The molecule has 5 rings (SSSR count). The Bertz CT molecular complexity index is 1670. The number of pyridine rings is 1. The number of carboxylic acid groups (broad SMARTS) is 1. The third-order valence-corrected chi connectivity index (χ3v) is 7.40. The summed E-state index contributed by atoms with van der Waals surface area (Å²) in [5, 5.41) is 9.73. The minimum absolute atomic E-state index is 0.208. The molecule has 0 saturated carbocycles. The fourth-order valence-corrected chi connectivity index (χ4v) is 5.28. The van der Waals surface area contributed by atoms with E-state index >= 15 is 0 Å². The number of methoxy groups -OCH3 is 2. The highest BCUT2D eigenvalue weighted by Crippen LogP contribution is 2.26. The number of ether oxygens (including phenoxy) is 2. The molecule has 0 bridgehead atoms. The summed E-state index contributed by atoms with van der Waals surface area (Å²) in [5.41, 5.74) is 2.92. The lowest BCUT2D eigenvalue weighted by Gasteiger charge is -2.20. The topological polar surface area (TPSA) is 119 Å². The van der Waals surface area contributed by atoms with Gasteiger partial charge in [-0.05, 0) is 42.3 Å². The smallest absolute Gasteiger partial charge is 0.407 e. The number of benzene rings is 1. The second-order valence-corrected chi connectivity index (χ2v) is 10.2. The Balaban J connectivity index is 1.44. The predicted octanol–water partition coefficient (Wildman–Crippen LogP) is 3.63. The van der Waals surface area contributed by atoms with E-state index in [1.54, 1.807) is 64.9 Å². The molecular weight excluding hydrogens is 550 g/mol. The van der Waals surface area contributed by atoms with Gasteiger partial charge < -0.3 is 33.3 Å². The molecule has 214 valence electrons. The standard InChI is InChI=1S/C29H30ClN5O6/c1-40-23-5-4-20(26(15-23)41-2)16-34-18-22(35-17-21(30)14-25(35)28(34)37)12-19-6-7-31-24(13-19)27(36)32-8-3-9-33(11-10-32)29(38)39/h4-7,13-15,17-18H,3,8-12,16H2,1-2H3,(H,38,39). The molecule has 1 aliphatic heterocycles. The lowest BCUT2D eigenvalue weighted by molar-refractivity contribution is 0.0753. The molecule has 0 aliphatic carbocycles. The van der Waals surface area contributed by atoms with Gasteiger partial charge in [0.2, 0.25) is 0 Å². The number of hydrogen-bond donors (Lipinski definition) is 1. The number of hydrogen-bond acceptors (Lipinski definition) is 6. The zero-order chi connectivity index (χ0) is 29.1. The Morgan fingerprint density at radius 1 is 1.00 bits per heavy atom. The molecule has 2 amide bonds. The Morgan fingerprint density at radius 3 is 2.54 bits per heavy atom. The van der Waals surface area contributed by atoms with Crippen LogP contribution in [0.5, 0.6) is 11.5 Å². The monoisotopic (exact) mass is 579 g/mol. The number of carbonyl (C=O) groups is 2. The highest BCUT2D eigenvalue weighted by Gasteiger charge is 2.23. The van der Waals surface area contributed by atoms with Crippen LogP contribution in [0.1, 0.15) is 33.7 Å². The average Bonchev–Trinajstić information content (AvgIpc) is 3.20. The number of nitrogens with zero attached hydrogens (tertiary/aromatic N) is 5. The Kier molecular flexibility index (Phi) is 8.16. The Morgan fingerprint density at radius 2 is 1.78 bits per heavy atom. The van der Waals surface area contributed by atoms with Crippen molar-refractivity contribution in [3.05, 3.63) is 92.9 Å². The molecule has 4 heterocycles. The van der Waals surface area contributed by atoms with Crippen LogP contribution in [0.2, 0.25) is 5.02 Å². The maximum atomic E-state index is 13.4. The van der Waals surface area contributed by atoms with E-state index in [1.807, 2.05) is 18.2 Å². The summed E-state index contributed by atoms with van der Waals surface area (Å²) in [6, 6.07) is 10.6. The van der Waals surface area contributed by atoms with Gasteiger partial charge in [-0.25, -0.2) is 4.79 Å². The molecule has 0 spiro atoms. The van der Waals surface area contributed by atoms with Crippen molar-refractivity contribution in [3.63, 3.8) is 0 Å². The van der Waals surface area contributed by atoms with Gasteiger partial charge in [-0.15, -0.1) is 0 Å². The van der Waals surface area contributed by atoms with Crippen LogP contribution >= 0.6 is 11.6 Å². The van der Waals surface area contributed by atoms with E-state index in [-0.39, 0.29) is 30.2 Å². The maximum Gasteiger partial charge on any atom is 0.407 e. The van der Waals surface area contributed by atoms with E-state index in [0.717, 1.165) is 16.8 Å². The van der Waals surface area contributed by atoms with Gasteiger partial charge in [-0.3, -0.25) is 14.6 Å². The fraction of sp³-hybridized carbons (Fsp3) is 0.310. The molecular formula is C29H30ClN5O6. The first kappa shape index (κ1) is 28.0. The van der Waals surface area contributed by atoms with Crippen molar-refractivity contribution >= 4 is 29.1 Å². The Labute approximate surface area is 241 Å². The van der Waals surface area contributed by atoms with Crippen LogP contribution in [0.25, 0.3) is 5.52 Å². The van der Waals surface area contributed by atoms with Crippen LogP contribution in [0.3, 0.4) is 0 Å². The number of rotatable bonds is 7. The SMILES string of the molecule is COc1ccc(Cn2cc(Cc3ccnc(C(=O)N4CCCN(C(=O)O)CC4)c3)n3cc(Cl)cc3c2=O)c(OC)c1. The van der Waals surface area contributed by atoms with Crippen LogP contribution in [0, 0.1) is 0 Å². The van der Waals surface area contributed by atoms with Gasteiger partial charge in [-0.1, -0.05) is 11.6 Å². The minimum atomic E-state index is -0.984. The number of amides is 2. The molecule has 0 unspecified atom stereocenters. The van der Waals surface area contributed by atoms with Crippen molar-refractivity contribution in [2.75, 3.05) is 40.4 Å². The molecule has 41 heavy (non-hydrogen) atoms. The largest absolute Gasteiger partial charge is 0.497 e. The van der Waals surface area contributed by atoms with Crippen LogP contribution < -0.4 is 15.0 Å². The number of aromatic nitrogens is 3. The molecule has 12 heteroatoms. The van der Waals surface area contributed by atoms with Gasteiger partial charge in [0, 0.05) is 68.5 Å². The van der Waals surface area contributed by atoms with Gasteiger partial charge >= 0.3 is 6.09 Å². The van der Waals surface area contributed by atoms with E-state index < -0.39 is 6.09 Å². The van der Waals surface area contributed by atoms with Crippen molar-refractivity contribution in [2.24, 2.45) is 0 Å². The third kappa shape index (κ3) is 5.99. The van der Waals surface area contributed by atoms with Crippen molar-refractivity contribution in [3.8, 4) is 11.5 Å². The summed E-state index contributed by atoms with van der Waals surface area (Å²) in [5.74, 6) is 1.00. The second kappa shape index (κ2) is 11.9. The van der Waals surface area contributed by atoms with E-state index in [9.17, 15) is 19.5 Å². The molecule has 0 atom stereocenters. The molecule has 4 aromatic rings. The predicted molar refractivity (Wildman–Crippen MR) is 152 cm³/mol. The highest BCUT2D eigenvalue weighted by atomic mass is 35.5. The average molecular weight is 580 g/mol. The van der Waals surface area contributed by atoms with E-state index in [4.69, 9.17) is 21.1 Å². The summed E-state index contributed by atoms with van der Waals surface area (Å²) >= 11 is 6.32. The van der Waals surface area contributed by atoms with Crippen LogP contribution in [-0.2, 0) is 13.0 Å². The van der Waals surface area contributed by atoms with Crippen LogP contribution in [0.4, 0.5) is 4.79 Å². The molecule has 0 radical (unpaired) electrons. The van der Waals surface area contributed by atoms with Crippen LogP contribution in [-0.4, -0.2) is 81.3 Å². The first-order chi connectivity index (χ1) is 19.8. The van der Waals surface area contributed by atoms with Gasteiger partial charge in [0.1, 0.15) is 22.7 Å². The summed E-state index contributed by atoms with van der Waals surface area (Å²) in [6.45, 7) is 1.67. The van der Waals surface area contributed by atoms with E-state index in [1.165, 1.54) is 4.90 Å². The summed E-state index contributed by atoms with van der Waals surface area (Å²) in [7, 11) is 3.15. The number of halogens is 1. The lowest BCUT2D eigenvalue weighted by atomic mass is 10.1. The molecule has 1 aromatic carbocycles. The summed E-state index contributed by atoms with van der Waals surface area (Å²) < 4.78 is 14.2. The minimum Gasteiger partial charge on any atom is -0.497 e. The van der Waals surface area contributed by atoms with Gasteiger partial charge in [0.25, 0.3) is 11.5 Å². The first-order valence-corrected chi connectivity index (χ1v) is 13.5.